The second-order valence-electron chi connectivity index (χ2n) is 7.58. The molecule has 0 aliphatic heterocycles. The zero-order valence-electron chi connectivity index (χ0n) is 11.9. The zero-order chi connectivity index (χ0) is 13.2. The number of halogens is 1. The van der Waals surface area contributed by atoms with Gasteiger partial charge in [-0.2, -0.15) is 0 Å². The molecule has 1 aromatic rings. The van der Waals surface area contributed by atoms with E-state index in [-0.39, 0.29) is 11.2 Å². The van der Waals surface area contributed by atoms with Gasteiger partial charge in [0.15, 0.2) is 0 Å². The van der Waals surface area contributed by atoms with Gasteiger partial charge in [0.2, 0.25) is 0 Å². The summed E-state index contributed by atoms with van der Waals surface area (Å²) in [6, 6.07) is 5.63. The van der Waals surface area contributed by atoms with Crippen LogP contribution in [0.15, 0.2) is 18.2 Å². The molecule has 4 rings (SSSR count). The van der Waals surface area contributed by atoms with Crippen LogP contribution in [0.5, 0.6) is 0 Å². The Morgan fingerprint density at radius 1 is 1.00 bits per heavy atom. The van der Waals surface area contributed by atoms with Gasteiger partial charge in [0, 0.05) is 0 Å². The molecular formula is C16H23FSn. The Balaban J connectivity index is 2.27. The van der Waals surface area contributed by atoms with Crippen molar-refractivity contribution in [2.75, 3.05) is 0 Å². The van der Waals surface area contributed by atoms with E-state index in [1.54, 1.807) is 6.07 Å². The monoisotopic (exact) mass is 354 g/mol. The van der Waals surface area contributed by atoms with Crippen molar-refractivity contribution in [2.45, 2.75) is 56.3 Å². The first kappa shape index (κ1) is 13.0. The van der Waals surface area contributed by atoms with Crippen molar-refractivity contribution >= 4 is 18.4 Å². The quantitative estimate of drug-likeness (QED) is 0.637. The molecular weight excluding hydrogens is 330 g/mol. The van der Waals surface area contributed by atoms with E-state index in [1.807, 2.05) is 6.07 Å². The second-order valence-corrected chi connectivity index (χ2v) is 23.2. The maximum absolute atomic E-state index is 13.6. The molecule has 0 spiro atoms. The molecule has 3 aliphatic carbocycles. The standard InChI is InChI=1S/C13H14F.3CH3.Sn/c1-13-6-4-9(5-7-13)11-3-2-10(14)8-12(11)13;;;;/h2-3,8H,4-7H2,1H3;3*1H3;. The Morgan fingerprint density at radius 2 is 1.61 bits per heavy atom. The van der Waals surface area contributed by atoms with E-state index in [9.17, 15) is 4.39 Å². The number of hydrogen-bond donors (Lipinski definition) is 0. The molecule has 0 radical (unpaired) electrons. The van der Waals surface area contributed by atoms with Gasteiger partial charge >= 0.3 is 114 Å². The molecule has 0 unspecified atom stereocenters. The first-order chi connectivity index (χ1) is 8.29. The fourth-order valence-corrected chi connectivity index (χ4v) is 12.3. The molecule has 0 nitrogen and oxygen atoms in total. The van der Waals surface area contributed by atoms with Crippen molar-refractivity contribution in [3.63, 3.8) is 0 Å². The van der Waals surface area contributed by atoms with Crippen molar-refractivity contribution < 1.29 is 4.39 Å². The van der Waals surface area contributed by atoms with Gasteiger partial charge in [-0.05, 0) is 0 Å². The van der Waals surface area contributed by atoms with Crippen molar-refractivity contribution in [3.8, 4) is 0 Å². The third kappa shape index (κ3) is 1.55. The van der Waals surface area contributed by atoms with Crippen molar-refractivity contribution in [1.29, 1.82) is 0 Å². The summed E-state index contributed by atoms with van der Waals surface area (Å²) in [5.41, 5.74) is 3.11. The zero-order valence-corrected chi connectivity index (χ0v) is 14.8. The van der Waals surface area contributed by atoms with Gasteiger partial charge in [-0.25, -0.2) is 0 Å². The molecule has 2 bridgehead atoms. The molecule has 0 amide bonds. The molecule has 18 heavy (non-hydrogen) atoms. The fraction of sp³-hybridized carbons (Fsp3) is 0.625. The van der Waals surface area contributed by atoms with Crippen molar-refractivity contribution in [1.82, 2.24) is 0 Å². The summed E-state index contributed by atoms with van der Waals surface area (Å²) in [6.45, 7) is 2.34. The molecule has 98 valence electrons. The number of rotatable bonds is 1. The fourth-order valence-electron chi connectivity index (χ4n) is 4.35. The van der Waals surface area contributed by atoms with Gasteiger partial charge in [-0.15, -0.1) is 0 Å². The molecule has 0 atom stereocenters. The van der Waals surface area contributed by atoms with Crippen LogP contribution in [-0.2, 0) is 8.85 Å². The summed E-state index contributed by atoms with van der Waals surface area (Å²) in [5, 5.41) is 0. The molecule has 3 aliphatic rings. The maximum atomic E-state index is 13.6. The average molecular weight is 353 g/mol. The van der Waals surface area contributed by atoms with Gasteiger partial charge in [0.05, 0.1) is 0 Å². The minimum atomic E-state index is -2.08. The topological polar surface area (TPSA) is 0 Å². The first-order valence-corrected chi connectivity index (χ1v) is 17.1. The second kappa shape index (κ2) is 3.74. The van der Waals surface area contributed by atoms with Crippen molar-refractivity contribution in [3.05, 3.63) is 35.1 Å². The Kier molecular flexibility index (Phi) is 2.69. The Labute approximate surface area is 114 Å². The SMILES string of the molecule is CC12CC[C]([Sn]([CH3])([CH3])[CH3])(CC1)c1ccc(F)cc12. The van der Waals surface area contributed by atoms with Crippen LogP contribution in [0.2, 0.25) is 14.8 Å². The van der Waals surface area contributed by atoms with Gasteiger partial charge in [-0.1, -0.05) is 0 Å². The number of hydrogen-bond acceptors (Lipinski definition) is 0. The first-order valence-electron chi connectivity index (χ1n) is 7.09. The van der Waals surface area contributed by atoms with E-state index in [1.165, 1.54) is 36.8 Å². The van der Waals surface area contributed by atoms with Crippen LogP contribution in [0.3, 0.4) is 0 Å². The van der Waals surface area contributed by atoms with Crippen LogP contribution < -0.4 is 0 Å². The van der Waals surface area contributed by atoms with Crippen LogP contribution >= 0.6 is 0 Å². The third-order valence-electron chi connectivity index (χ3n) is 5.79. The molecule has 2 heteroatoms. The number of fused-ring (bicyclic) bond motifs is 2. The van der Waals surface area contributed by atoms with E-state index >= 15 is 0 Å². The van der Waals surface area contributed by atoms with Crippen LogP contribution in [0.1, 0.15) is 43.7 Å². The summed E-state index contributed by atoms with van der Waals surface area (Å²) in [6.07, 6.45) is 5.22. The van der Waals surface area contributed by atoms with Gasteiger partial charge < -0.3 is 0 Å². The number of benzene rings is 1. The summed E-state index contributed by atoms with van der Waals surface area (Å²) >= 11 is -2.08. The van der Waals surface area contributed by atoms with Crippen LogP contribution in [0.4, 0.5) is 4.39 Å². The molecule has 1 saturated carbocycles. The van der Waals surface area contributed by atoms with E-state index in [0.29, 0.717) is 3.43 Å². The minimum absolute atomic E-state index is 0.0539. The Morgan fingerprint density at radius 3 is 2.17 bits per heavy atom. The van der Waals surface area contributed by atoms with Gasteiger partial charge in [0.1, 0.15) is 0 Å². The van der Waals surface area contributed by atoms with Crippen LogP contribution in [0.25, 0.3) is 0 Å². The third-order valence-corrected chi connectivity index (χ3v) is 16.2. The molecule has 0 aromatic heterocycles. The molecule has 1 aromatic carbocycles. The molecule has 0 heterocycles. The van der Waals surface area contributed by atoms with E-state index in [4.69, 9.17) is 0 Å². The predicted molar refractivity (Wildman–Crippen MR) is 77.2 cm³/mol. The van der Waals surface area contributed by atoms with E-state index in [0.717, 1.165) is 0 Å². The van der Waals surface area contributed by atoms with Crippen molar-refractivity contribution in [2.24, 2.45) is 0 Å². The van der Waals surface area contributed by atoms with Crippen LogP contribution in [-0.4, -0.2) is 18.4 Å². The van der Waals surface area contributed by atoms with E-state index < -0.39 is 18.4 Å². The van der Waals surface area contributed by atoms with Crippen LogP contribution in [0, 0.1) is 5.82 Å². The Bertz CT molecular complexity index is 490. The average Bonchev–Trinajstić information content (AvgIpc) is 2.29. The summed E-state index contributed by atoms with van der Waals surface area (Å²) < 4.78 is 14.1. The summed E-state index contributed by atoms with van der Waals surface area (Å²) in [7, 11) is 0. The van der Waals surface area contributed by atoms with Gasteiger partial charge in [0.25, 0.3) is 0 Å². The predicted octanol–water partition coefficient (Wildman–Crippen LogP) is 4.79. The normalized spacial score (nSPS) is 34.5. The summed E-state index contributed by atoms with van der Waals surface area (Å²) in [4.78, 5) is 7.65. The molecule has 1 fully saturated rings. The molecule has 0 N–H and O–H groups in total. The van der Waals surface area contributed by atoms with E-state index in [2.05, 4.69) is 27.8 Å². The molecule has 0 saturated heterocycles. The summed E-state index contributed by atoms with van der Waals surface area (Å²) in [5.74, 6) is -0.0539. The van der Waals surface area contributed by atoms with Gasteiger partial charge in [-0.3, -0.25) is 0 Å². The Hall–Kier alpha value is -0.0513.